The van der Waals surface area contributed by atoms with Crippen LogP contribution in [0.2, 0.25) is 0 Å². The third-order valence-electron chi connectivity index (χ3n) is 1.39. The fourth-order valence-electron chi connectivity index (χ4n) is 0.534. The summed E-state index contributed by atoms with van der Waals surface area (Å²) in [5.41, 5.74) is 0.0359. The smallest absolute Gasteiger partial charge is 0.0547 e. The maximum atomic E-state index is 3.96. The first-order valence-electron chi connectivity index (χ1n) is 3.21. The Labute approximate surface area is 57.5 Å². The minimum absolute atomic E-state index is 0.0359. The summed E-state index contributed by atoms with van der Waals surface area (Å²) < 4.78 is 0. The van der Waals surface area contributed by atoms with Crippen molar-refractivity contribution in [3.63, 3.8) is 0 Å². The summed E-state index contributed by atoms with van der Waals surface area (Å²) in [4.78, 5) is 3.96. The van der Waals surface area contributed by atoms with Crippen molar-refractivity contribution in [2.75, 3.05) is 0 Å². The zero-order valence-electron chi connectivity index (χ0n) is 6.35. The summed E-state index contributed by atoms with van der Waals surface area (Å²) in [7, 11) is 0. The van der Waals surface area contributed by atoms with Crippen molar-refractivity contribution >= 4 is 6.72 Å². The van der Waals surface area contributed by atoms with Crippen LogP contribution >= 0.6 is 0 Å². The molecule has 0 heterocycles. The molecule has 0 fully saturated rings. The maximum Gasteiger partial charge on any atom is 0.0547 e. The van der Waals surface area contributed by atoms with E-state index in [-0.39, 0.29) is 5.54 Å². The lowest BCUT2D eigenvalue weighted by Crippen LogP contribution is -2.14. The van der Waals surface area contributed by atoms with E-state index < -0.39 is 0 Å². The van der Waals surface area contributed by atoms with E-state index in [0.717, 1.165) is 12.8 Å². The molecule has 1 nitrogen and oxygen atoms in total. The molecule has 0 atom stereocenters. The molecule has 0 spiro atoms. The average Bonchev–Trinajstić information content (AvgIpc) is 1.84. The monoisotopic (exact) mass is 125 g/mol. The van der Waals surface area contributed by atoms with E-state index in [1.807, 2.05) is 6.08 Å². The molecule has 52 valence electrons. The lowest BCUT2D eigenvalue weighted by molar-refractivity contribution is 0.488. The van der Waals surface area contributed by atoms with Crippen molar-refractivity contribution in [1.82, 2.24) is 0 Å². The van der Waals surface area contributed by atoms with E-state index in [2.05, 4.69) is 32.1 Å². The van der Waals surface area contributed by atoms with Crippen molar-refractivity contribution < 1.29 is 0 Å². The molecule has 0 saturated heterocycles. The number of rotatable bonds is 4. The molecule has 9 heavy (non-hydrogen) atoms. The third-order valence-corrected chi connectivity index (χ3v) is 1.39. The molecule has 0 aliphatic carbocycles. The molecule has 0 bridgehead atoms. The minimum Gasteiger partial charge on any atom is -0.295 e. The molecule has 0 rings (SSSR count). The molecule has 0 N–H and O–H groups in total. The zero-order chi connectivity index (χ0) is 7.33. The molecule has 0 aromatic heterocycles. The van der Waals surface area contributed by atoms with Crippen LogP contribution in [0.1, 0.15) is 26.7 Å². The highest BCUT2D eigenvalue weighted by Crippen LogP contribution is 2.14. The van der Waals surface area contributed by atoms with Crippen LogP contribution in [0.15, 0.2) is 17.6 Å². The SMILES string of the molecule is C=CCCC(C)(C)N=C. The van der Waals surface area contributed by atoms with Crippen LogP contribution in [0, 0.1) is 0 Å². The highest BCUT2D eigenvalue weighted by atomic mass is 14.8. The Hall–Kier alpha value is -0.590. The number of hydrogen-bond acceptors (Lipinski definition) is 1. The van der Waals surface area contributed by atoms with Crippen LogP contribution in [-0.2, 0) is 0 Å². The molecule has 0 unspecified atom stereocenters. The van der Waals surface area contributed by atoms with Crippen molar-refractivity contribution in [2.24, 2.45) is 4.99 Å². The van der Waals surface area contributed by atoms with E-state index in [0.29, 0.717) is 0 Å². The summed E-state index contributed by atoms with van der Waals surface area (Å²) in [6.07, 6.45) is 3.97. The van der Waals surface area contributed by atoms with Gasteiger partial charge < -0.3 is 0 Å². The summed E-state index contributed by atoms with van der Waals surface area (Å²) in [5, 5.41) is 0. The lowest BCUT2D eigenvalue weighted by Gasteiger charge is -2.16. The van der Waals surface area contributed by atoms with Gasteiger partial charge in [0.2, 0.25) is 0 Å². The van der Waals surface area contributed by atoms with E-state index in [1.165, 1.54) is 0 Å². The van der Waals surface area contributed by atoms with E-state index >= 15 is 0 Å². The molecular weight excluding hydrogens is 110 g/mol. The van der Waals surface area contributed by atoms with Gasteiger partial charge in [-0.1, -0.05) is 6.08 Å². The Kier molecular flexibility index (Phi) is 3.21. The second-order valence-corrected chi connectivity index (χ2v) is 2.80. The van der Waals surface area contributed by atoms with Gasteiger partial charge in [-0.3, -0.25) is 4.99 Å². The van der Waals surface area contributed by atoms with Crippen LogP contribution in [0.5, 0.6) is 0 Å². The van der Waals surface area contributed by atoms with Gasteiger partial charge >= 0.3 is 0 Å². The van der Waals surface area contributed by atoms with Crippen molar-refractivity contribution in [3.05, 3.63) is 12.7 Å². The molecule has 0 aliphatic heterocycles. The van der Waals surface area contributed by atoms with Gasteiger partial charge in [-0.15, -0.1) is 6.58 Å². The second kappa shape index (κ2) is 3.44. The number of allylic oxidation sites excluding steroid dienone is 1. The van der Waals surface area contributed by atoms with Gasteiger partial charge in [0, 0.05) is 0 Å². The van der Waals surface area contributed by atoms with E-state index in [9.17, 15) is 0 Å². The summed E-state index contributed by atoms with van der Waals surface area (Å²) in [6.45, 7) is 11.3. The standard InChI is InChI=1S/C8H15N/c1-5-6-7-8(2,3)9-4/h5H,1,4,6-7H2,2-3H3. The van der Waals surface area contributed by atoms with Gasteiger partial charge in [0.25, 0.3) is 0 Å². The van der Waals surface area contributed by atoms with Crippen LogP contribution < -0.4 is 0 Å². The summed E-state index contributed by atoms with van der Waals surface area (Å²) in [5.74, 6) is 0. The largest absolute Gasteiger partial charge is 0.295 e. The highest BCUT2D eigenvalue weighted by Gasteiger charge is 2.11. The minimum atomic E-state index is 0.0359. The Morgan fingerprint density at radius 1 is 1.56 bits per heavy atom. The fraction of sp³-hybridized carbons (Fsp3) is 0.625. The quantitative estimate of drug-likeness (QED) is 0.404. The molecule has 0 aromatic carbocycles. The molecular formula is C8H15N. The first kappa shape index (κ1) is 8.41. The molecule has 0 radical (unpaired) electrons. The molecule has 0 saturated carbocycles. The molecule has 0 aromatic rings. The van der Waals surface area contributed by atoms with Crippen LogP contribution in [0.25, 0.3) is 0 Å². The number of hydrogen-bond donors (Lipinski definition) is 0. The van der Waals surface area contributed by atoms with E-state index in [4.69, 9.17) is 0 Å². The van der Waals surface area contributed by atoms with Gasteiger partial charge in [0.15, 0.2) is 0 Å². The average molecular weight is 125 g/mol. The summed E-state index contributed by atoms with van der Waals surface area (Å²) in [6, 6.07) is 0. The molecule has 1 heteroatoms. The van der Waals surface area contributed by atoms with Crippen molar-refractivity contribution in [1.29, 1.82) is 0 Å². The zero-order valence-corrected chi connectivity index (χ0v) is 6.35. The van der Waals surface area contributed by atoms with Gasteiger partial charge in [-0.25, -0.2) is 0 Å². The Bertz CT molecular complexity index is 103. The van der Waals surface area contributed by atoms with Crippen LogP contribution in [0.4, 0.5) is 0 Å². The predicted octanol–water partition coefficient (Wildman–Crippen LogP) is 2.43. The first-order valence-corrected chi connectivity index (χ1v) is 3.21. The molecule has 0 amide bonds. The Morgan fingerprint density at radius 3 is 2.44 bits per heavy atom. The van der Waals surface area contributed by atoms with Gasteiger partial charge in [0.05, 0.1) is 5.54 Å². The highest BCUT2D eigenvalue weighted by molar-refractivity contribution is 5.25. The second-order valence-electron chi connectivity index (χ2n) is 2.80. The van der Waals surface area contributed by atoms with Crippen molar-refractivity contribution in [3.8, 4) is 0 Å². The first-order chi connectivity index (χ1) is 4.12. The lowest BCUT2D eigenvalue weighted by atomic mass is 10.00. The maximum absolute atomic E-state index is 3.96. The fourth-order valence-corrected chi connectivity index (χ4v) is 0.534. The number of nitrogens with zero attached hydrogens (tertiary/aromatic N) is 1. The predicted molar refractivity (Wildman–Crippen MR) is 43.1 cm³/mol. The molecule has 0 aliphatic rings. The van der Waals surface area contributed by atoms with Gasteiger partial charge in [-0.05, 0) is 33.4 Å². The Morgan fingerprint density at radius 2 is 2.11 bits per heavy atom. The van der Waals surface area contributed by atoms with E-state index in [1.54, 1.807) is 0 Å². The van der Waals surface area contributed by atoms with Gasteiger partial charge in [-0.2, -0.15) is 0 Å². The van der Waals surface area contributed by atoms with Gasteiger partial charge in [0.1, 0.15) is 0 Å². The normalized spacial score (nSPS) is 10.9. The Balaban J connectivity index is 3.57. The van der Waals surface area contributed by atoms with Crippen molar-refractivity contribution in [2.45, 2.75) is 32.2 Å². The topological polar surface area (TPSA) is 12.4 Å². The summed E-state index contributed by atoms with van der Waals surface area (Å²) >= 11 is 0. The third kappa shape index (κ3) is 3.95. The number of aliphatic imine (C=N–C) groups is 1. The van der Waals surface area contributed by atoms with Crippen LogP contribution in [-0.4, -0.2) is 12.3 Å². The van der Waals surface area contributed by atoms with Crippen LogP contribution in [0.3, 0.4) is 0 Å².